The minimum atomic E-state index is 0. The van der Waals surface area contributed by atoms with Crippen molar-refractivity contribution in [2.45, 2.75) is 83.6 Å². The smallest absolute Gasteiger partial charge is 0.0238 e. The van der Waals surface area contributed by atoms with Crippen LogP contribution in [0.2, 0.25) is 0 Å². The summed E-state index contributed by atoms with van der Waals surface area (Å²) < 4.78 is 0. The molecule has 0 aromatic rings. The zero-order valence-corrected chi connectivity index (χ0v) is 15.8. The molecule has 0 aromatic heterocycles. The summed E-state index contributed by atoms with van der Waals surface area (Å²) in [6.07, 6.45) is 15.2. The summed E-state index contributed by atoms with van der Waals surface area (Å²) in [5.74, 6) is 0.792. The van der Waals surface area contributed by atoms with Gasteiger partial charge in [-0.3, -0.25) is 0 Å². The number of alkyl halides is 1. The van der Waals surface area contributed by atoms with Gasteiger partial charge in [0.2, 0.25) is 0 Å². The van der Waals surface area contributed by atoms with Gasteiger partial charge in [-0.1, -0.05) is 64.7 Å². The minimum Gasteiger partial charge on any atom is -0.306 e. The van der Waals surface area contributed by atoms with Gasteiger partial charge in [0.1, 0.15) is 0 Å². The molecule has 0 saturated carbocycles. The van der Waals surface area contributed by atoms with Gasteiger partial charge < -0.3 is 4.90 Å². The first-order chi connectivity index (χ1) is 8.72. The highest BCUT2D eigenvalue weighted by Crippen LogP contribution is 2.14. The predicted octanol–water partition coefficient (Wildman–Crippen LogP) is 6.04. The molecule has 3 heteroatoms. The van der Waals surface area contributed by atoms with Gasteiger partial charge in [-0.25, -0.2) is 0 Å². The fourth-order valence-electron chi connectivity index (χ4n) is 2.48. The van der Waals surface area contributed by atoms with Crippen molar-refractivity contribution in [3.63, 3.8) is 0 Å². The van der Waals surface area contributed by atoms with Crippen molar-refractivity contribution in [3.05, 3.63) is 0 Å². The molecule has 0 spiro atoms. The van der Waals surface area contributed by atoms with Crippen LogP contribution in [0.15, 0.2) is 0 Å². The Morgan fingerprint density at radius 2 is 1.26 bits per heavy atom. The topological polar surface area (TPSA) is 3.24 Å². The molecule has 1 atom stereocenters. The summed E-state index contributed by atoms with van der Waals surface area (Å²) in [4.78, 5) is 2.33. The van der Waals surface area contributed by atoms with Crippen molar-refractivity contribution in [2.75, 3.05) is 20.0 Å². The van der Waals surface area contributed by atoms with E-state index < -0.39 is 0 Å². The van der Waals surface area contributed by atoms with E-state index in [1.54, 1.807) is 0 Å². The van der Waals surface area contributed by atoms with Crippen LogP contribution in [0.25, 0.3) is 0 Å². The molecule has 1 nitrogen and oxygen atoms in total. The number of nitrogens with zero attached hydrogens (tertiary/aromatic N) is 1. The van der Waals surface area contributed by atoms with Crippen LogP contribution in [0, 0.1) is 0 Å². The predicted molar refractivity (Wildman–Crippen MR) is 95.0 cm³/mol. The summed E-state index contributed by atoms with van der Waals surface area (Å²) in [5, 5.41) is 0. The highest BCUT2D eigenvalue weighted by Gasteiger charge is 2.09. The molecule has 0 aromatic carbocycles. The normalized spacial score (nSPS) is 12.5. The molecule has 0 radical (unpaired) electrons. The number of halogens is 2. The van der Waals surface area contributed by atoms with Gasteiger partial charge in [0.05, 0.1) is 0 Å². The van der Waals surface area contributed by atoms with E-state index in [-0.39, 0.29) is 17.0 Å². The average molecular weight is 357 g/mol. The Morgan fingerprint density at radius 1 is 0.789 bits per heavy atom. The molecule has 1 unspecified atom stereocenters. The number of rotatable bonds is 13. The molecule has 0 aliphatic rings. The van der Waals surface area contributed by atoms with Crippen molar-refractivity contribution < 1.29 is 0 Å². The van der Waals surface area contributed by atoms with E-state index in [1.165, 1.54) is 64.2 Å². The first-order valence-electron chi connectivity index (χ1n) is 7.94. The minimum absolute atomic E-state index is 0. The lowest BCUT2D eigenvalue weighted by Gasteiger charge is -2.23. The molecule has 0 aliphatic carbocycles. The van der Waals surface area contributed by atoms with E-state index in [1.807, 2.05) is 0 Å². The van der Waals surface area contributed by atoms with Gasteiger partial charge in [0, 0.05) is 11.9 Å². The average Bonchev–Trinajstić information content (AvgIpc) is 2.35. The van der Waals surface area contributed by atoms with E-state index >= 15 is 0 Å². The quantitative estimate of drug-likeness (QED) is 0.287. The van der Waals surface area contributed by atoms with E-state index in [9.17, 15) is 0 Å². The summed E-state index contributed by atoms with van der Waals surface area (Å²) >= 11 is 5.84. The molecule has 0 fully saturated rings. The first-order valence-corrected chi connectivity index (χ1v) is 8.48. The van der Waals surface area contributed by atoms with Crippen LogP contribution in [0.3, 0.4) is 0 Å². The Bertz CT molecular complexity index is 165. The van der Waals surface area contributed by atoms with E-state index in [0.717, 1.165) is 12.3 Å². The lowest BCUT2D eigenvalue weighted by molar-refractivity contribution is 0.265. The van der Waals surface area contributed by atoms with Gasteiger partial charge in [0.25, 0.3) is 0 Å². The van der Waals surface area contributed by atoms with Crippen LogP contribution >= 0.6 is 28.6 Å². The second-order valence-corrected chi connectivity index (χ2v) is 6.09. The van der Waals surface area contributed by atoms with Crippen LogP contribution < -0.4 is 0 Å². The van der Waals surface area contributed by atoms with Crippen LogP contribution in [-0.4, -0.2) is 30.9 Å². The summed E-state index contributed by atoms with van der Waals surface area (Å²) in [7, 11) is 4.34. The SMILES string of the molecule is Br.CCCCCCCCCCCC(CCCl)N(C)C. The summed E-state index contributed by atoms with van der Waals surface area (Å²) in [6.45, 7) is 2.28. The Morgan fingerprint density at radius 3 is 1.68 bits per heavy atom. The van der Waals surface area contributed by atoms with Crippen LogP contribution in [0.1, 0.15) is 77.6 Å². The van der Waals surface area contributed by atoms with Crippen LogP contribution in [0.5, 0.6) is 0 Å². The van der Waals surface area contributed by atoms with E-state index in [2.05, 4.69) is 25.9 Å². The maximum absolute atomic E-state index is 5.84. The molecule has 0 heterocycles. The van der Waals surface area contributed by atoms with Gasteiger partial charge in [0.15, 0.2) is 0 Å². The summed E-state index contributed by atoms with van der Waals surface area (Å²) in [6, 6.07) is 0.687. The van der Waals surface area contributed by atoms with Crippen molar-refractivity contribution in [1.82, 2.24) is 4.90 Å². The van der Waals surface area contributed by atoms with Crippen molar-refractivity contribution in [3.8, 4) is 0 Å². The fourth-order valence-corrected chi connectivity index (χ4v) is 2.73. The summed E-state index contributed by atoms with van der Waals surface area (Å²) in [5.41, 5.74) is 0. The molecular weight excluding hydrogens is 322 g/mol. The second kappa shape index (κ2) is 16.8. The van der Waals surface area contributed by atoms with Gasteiger partial charge >= 0.3 is 0 Å². The fraction of sp³-hybridized carbons (Fsp3) is 1.00. The van der Waals surface area contributed by atoms with Crippen LogP contribution in [-0.2, 0) is 0 Å². The lowest BCUT2D eigenvalue weighted by Crippen LogP contribution is -2.28. The van der Waals surface area contributed by atoms with E-state index in [4.69, 9.17) is 11.6 Å². The Labute approximate surface area is 137 Å². The Balaban J connectivity index is 0. The first kappa shape index (κ1) is 22.0. The van der Waals surface area contributed by atoms with Crippen molar-refractivity contribution >= 4 is 28.6 Å². The van der Waals surface area contributed by atoms with Gasteiger partial charge in [-0.15, -0.1) is 28.6 Å². The maximum Gasteiger partial charge on any atom is 0.0238 e. The second-order valence-electron chi connectivity index (χ2n) is 5.71. The Kier molecular flexibility index (Phi) is 19.4. The third-order valence-corrected chi connectivity index (χ3v) is 4.03. The molecule has 0 bridgehead atoms. The molecule has 0 aliphatic heterocycles. The number of hydrogen-bond donors (Lipinski definition) is 0. The molecule has 118 valence electrons. The van der Waals surface area contributed by atoms with Gasteiger partial charge in [-0.05, 0) is 26.9 Å². The zero-order valence-electron chi connectivity index (χ0n) is 13.3. The largest absolute Gasteiger partial charge is 0.306 e. The maximum atomic E-state index is 5.84. The van der Waals surface area contributed by atoms with Crippen molar-refractivity contribution in [2.24, 2.45) is 0 Å². The third kappa shape index (κ3) is 14.9. The Hall–Kier alpha value is 0.730. The third-order valence-electron chi connectivity index (χ3n) is 3.81. The van der Waals surface area contributed by atoms with Gasteiger partial charge in [-0.2, -0.15) is 0 Å². The number of hydrogen-bond acceptors (Lipinski definition) is 1. The number of unbranched alkanes of at least 4 members (excludes halogenated alkanes) is 8. The van der Waals surface area contributed by atoms with E-state index in [0.29, 0.717) is 6.04 Å². The zero-order chi connectivity index (χ0) is 13.6. The standard InChI is InChI=1S/C16H34ClN.BrH/c1-4-5-6-7-8-9-10-11-12-13-16(14-15-17)18(2)3;/h16H,4-15H2,1-3H3;1H. The highest BCUT2D eigenvalue weighted by molar-refractivity contribution is 8.93. The molecule has 0 N–H and O–H groups in total. The molecule has 19 heavy (non-hydrogen) atoms. The molecule has 0 saturated heterocycles. The lowest BCUT2D eigenvalue weighted by atomic mass is 10.0. The molecule has 0 amide bonds. The van der Waals surface area contributed by atoms with Crippen molar-refractivity contribution in [1.29, 1.82) is 0 Å². The molecule has 0 rings (SSSR count). The highest BCUT2D eigenvalue weighted by atomic mass is 79.9. The van der Waals surface area contributed by atoms with Crippen LogP contribution in [0.4, 0.5) is 0 Å². The monoisotopic (exact) mass is 355 g/mol. The molecular formula is C16H35BrClN.